The van der Waals surface area contributed by atoms with E-state index in [0.29, 0.717) is 0 Å². The van der Waals surface area contributed by atoms with Crippen LogP contribution in [0, 0.1) is 34.5 Å². The van der Waals surface area contributed by atoms with Gasteiger partial charge in [-0.3, -0.25) is 0 Å². The maximum absolute atomic E-state index is 3.48. The summed E-state index contributed by atoms with van der Waals surface area (Å²) in [5.41, 5.74) is 4.38. The minimum Gasteiger partial charge on any atom is -0.355 e. The standard InChI is InChI=1S/C24H25N/c1-23(2,3)13-11-17-7-9-21-19(15-17)20-16-18(8-10-22(20)25-21)12-14-24(4,5)6/h7-10,15-16,25H,1-6H3. The van der Waals surface area contributed by atoms with E-state index in [1.54, 1.807) is 0 Å². The van der Waals surface area contributed by atoms with Crippen molar-refractivity contribution in [3.63, 3.8) is 0 Å². The third-order valence-corrected chi connectivity index (χ3v) is 3.76. The number of hydrogen-bond donors (Lipinski definition) is 1. The first-order valence-electron chi connectivity index (χ1n) is 8.73. The van der Waals surface area contributed by atoms with Crippen molar-refractivity contribution in [3.05, 3.63) is 47.5 Å². The number of hydrogen-bond acceptors (Lipinski definition) is 0. The SMILES string of the molecule is CC(C)(C)C#Cc1ccc2[nH]c3ccc(C#CC(C)(C)C)cc3c2c1. The Morgan fingerprint density at radius 1 is 0.640 bits per heavy atom. The highest BCUT2D eigenvalue weighted by Gasteiger charge is 2.07. The molecule has 0 radical (unpaired) electrons. The van der Waals surface area contributed by atoms with Crippen molar-refractivity contribution >= 4 is 21.8 Å². The Morgan fingerprint density at radius 3 is 1.40 bits per heavy atom. The summed E-state index contributed by atoms with van der Waals surface area (Å²) >= 11 is 0. The van der Waals surface area contributed by atoms with Gasteiger partial charge in [-0.2, -0.15) is 0 Å². The predicted molar refractivity (Wildman–Crippen MR) is 108 cm³/mol. The lowest BCUT2D eigenvalue weighted by Gasteiger charge is -2.07. The van der Waals surface area contributed by atoms with Gasteiger partial charge < -0.3 is 4.98 Å². The van der Waals surface area contributed by atoms with E-state index in [-0.39, 0.29) is 10.8 Å². The van der Waals surface area contributed by atoms with Gasteiger partial charge in [0.25, 0.3) is 0 Å². The molecule has 0 bridgehead atoms. The van der Waals surface area contributed by atoms with Gasteiger partial charge >= 0.3 is 0 Å². The van der Waals surface area contributed by atoms with E-state index in [4.69, 9.17) is 0 Å². The fourth-order valence-corrected chi connectivity index (χ4v) is 2.57. The van der Waals surface area contributed by atoms with Gasteiger partial charge in [-0.25, -0.2) is 0 Å². The van der Waals surface area contributed by atoms with Crippen LogP contribution in [0.1, 0.15) is 52.7 Å². The van der Waals surface area contributed by atoms with Crippen molar-refractivity contribution in [3.8, 4) is 23.7 Å². The molecule has 0 spiro atoms. The van der Waals surface area contributed by atoms with Gasteiger partial charge in [-0.1, -0.05) is 23.7 Å². The lowest BCUT2D eigenvalue weighted by Crippen LogP contribution is -1.99. The quantitative estimate of drug-likeness (QED) is 0.479. The molecule has 2 aromatic carbocycles. The van der Waals surface area contributed by atoms with Crippen LogP contribution in [0.25, 0.3) is 21.8 Å². The smallest absolute Gasteiger partial charge is 0.0465 e. The van der Waals surface area contributed by atoms with Gasteiger partial charge in [0.2, 0.25) is 0 Å². The fourth-order valence-electron chi connectivity index (χ4n) is 2.57. The van der Waals surface area contributed by atoms with Gasteiger partial charge in [0.15, 0.2) is 0 Å². The molecule has 1 N–H and O–H groups in total. The lowest BCUT2D eigenvalue weighted by atomic mass is 9.97. The lowest BCUT2D eigenvalue weighted by molar-refractivity contribution is 0.570. The first kappa shape index (κ1) is 17.2. The Kier molecular flexibility index (Phi) is 4.14. The van der Waals surface area contributed by atoms with Crippen LogP contribution in [0.15, 0.2) is 36.4 Å². The van der Waals surface area contributed by atoms with Crippen molar-refractivity contribution in [1.82, 2.24) is 4.98 Å². The molecule has 126 valence electrons. The zero-order valence-corrected chi connectivity index (χ0v) is 16.0. The minimum atomic E-state index is 0.00485. The van der Waals surface area contributed by atoms with E-state index in [9.17, 15) is 0 Å². The van der Waals surface area contributed by atoms with E-state index in [1.807, 2.05) is 0 Å². The van der Waals surface area contributed by atoms with Crippen LogP contribution in [-0.2, 0) is 0 Å². The summed E-state index contributed by atoms with van der Waals surface area (Å²) in [5, 5.41) is 2.41. The van der Waals surface area contributed by atoms with E-state index < -0.39 is 0 Å². The van der Waals surface area contributed by atoms with Crippen LogP contribution in [-0.4, -0.2) is 4.98 Å². The zero-order valence-electron chi connectivity index (χ0n) is 16.0. The average molecular weight is 327 g/mol. The molecule has 0 saturated heterocycles. The topological polar surface area (TPSA) is 15.8 Å². The molecule has 1 aromatic heterocycles. The van der Waals surface area contributed by atoms with Crippen LogP contribution < -0.4 is 0 Å². The van der Waals surface area contributed by atoms with Crippen molar-refractivity contribution in [2.24, 2.45) is 10.8 Å². The first-order valence-corrected chi connectivity index (χ1v) is 8.73. The van der Waals surface area contributed by atoms with Gasteiger partial charge in [0.05, 0.1) is 0 Å². The maximum atomic E-state index is 3.48. The highest BCUT2D eigenvalue weighted by molar-refractivity contribution is 6.08. The summed E-state index contributed by atoms with van der Waals surface area (Å²) in [6.07, 6.45) is 0. The third-order valence-electron chi connectivity index (χ3n) is 3.76. The van der Waals surface area contributed by atoms with Crippen molar-refractivity contribution in [2.75, 3.05) is 0 Å². The molecule has 0 amide bonds. The monoisotopic (exact) mass is 327 g/mol. The number of aromatic nitrogens is 1. The zero-order chi connectivity index (χ0) is 18.2. The van der Waals surface area contributed by atoms with Crippen molar-refractivity contribution in [2.45, 2.75) is 41.5 Å². The van der Waals surface area contributed by atoms with Gasteiger partial charge in [-0.15, -0.1) is 0 Å². The van der Waals surface area contributed by atoms with Crippen LogP contribution >= 0.6 is 0 Å². The summed E-state index contributed by atoms with van der Waals surface area (Å²) in [6.45, 7) is 12.8. The summed E-state index contributed by atoms with van der Waals surface area (Å²) in [5.74, 6) is 13.2. The van der Waals surface area contributed by atoms with E-state index in [1.165, 1.54) is 10.8 Å². The molecular formula is C24H25N. The van der Waals surface area contributed by atoms with Crippen LogP contribution in [0.2, 0.25) is 0 Å². The molecule has 0 aliphatic rings. The van der Waals surface area contributed by atoms with Crippen molar-refractivity contribution in [1.29, 1.82) is 0 Å². The van der Waals surface area contributed by atoms with Crippen LogP contribution in [0.4, 0.5) is 0 Å². The Labute approximate surface area is 150 Å². The number of aromatic amines is 1. The van der Waals surface area contributed by atoms with Crippen molar-refractivity contribution < 1.29 is 0 Å². The molecule has 1 heteroatoms. The van der Waals surface area contributed by atoms with E-state index in [2.05, 4.69) is 107 Å². The largest absolute Gasteiger partial charge is 0.355 e. The maximum Gasteiger partial charge on any atom is 0.0465 e. The van der Waals surface area contributed by atoms with Crippen LogP contribution in [0.5, 0.6) is 0 Å². The summed E-state index contributed by atoms with van der Waals surface area (Å²) < 4.78 is 0. The molecule has 0 saturated carbocycles. The highest BCUT2D eigenvalue weighted by Crippen LogP contribution is 2.27. The molecular weight excluding hydrogens is 302 g/mol. The van der Waals surface area contributed by atoms with Gasteiger partial charge in [0.1, 0.15) is 0 Å². The highest BCUT2D eigenvalue weighted by atomic mass is 14.7. The van der Waals surface area contributed by atoms with E-state index in [0.717, 1.165) is 22.2 Å². The molecule has 0 aliphatic carbocycles. The molecule has 3 aromatic rings. The molecule has 1 nitrogen and oxygen atoms in total. The number of H-pyrrole nitrogens is 1. The number of benzene rings is 2. The average Bonchev–Trinajstić information content (AvgIpc) is 2.87. The molecule has 0 aliphatic heterocycles. The summed E-state index contributed by atoms with van der Waals surface area (Å²) in [6, 6.07) is 12.7. The normalized spacial score (nSPS) is 11.8. The number of fused-ring (bicyclic) bond motifs is 3. The predicted octanol–water partition coefficient (Wildman–Crippen LogP) is 6.12. The molecule has 3 rings (SSSR count). The summed E-state index contributed by atoms with van der Waals surface area (Å²) in [7, 11) is 0. The molecule has 1 heterocycles. The second-order valence-electron chi connectivity index (χ2n) is 8.65. The second kappa shape index (κ2) is 6.02. The molecule has 0 fully saturated rings. The second-order valence-corrected chi connectivity index (χ2v) is 8.65. The number of nitrogens with one attached hydrogen (secondary N) is 1. The molecule has 0 unspecified atom stereocenters. The molecule has 0 atom stereocenters. The Bertz CT molecular complexity index is 972. The Hall–Kier alpha value is -2.64. The number of rotatable bonds is 0. The summed E-state index contributed by atoms with van der Waals surface area (Å²) in [4.78, 5) is 3.48. The van der Waals surface area contributed by atoms with Gasteiger partial charge in [0, 0.05) is 43.8 Å². The third kappa shape index (κ3) is 4.26. The Morgan fingerprint density at radius 2 is 1.04 bits per heavy atom. The molecule has 25 heavy (non-hydrogen) atoms. The van der Waals surface area contributed by atoms with E-state index >= 15 is 0 Å². The van der Waals surface area contributed by atoms with Crippen LogP contribution in [0.3, 0.4) is 0 Å². The minimum absolute atomic E-state index is 0.00485. The Balaban J connectivity index is 2.12. The van der Waals surface area contributed by atoms with Gasteiger partial charge in [-0.05, 0) is 77.9 Å². The first-order chi connectivity index (χ1) is 11.6. The fraction of sp³-hybridized carbons (Fsp3) is 0.333.